The van der Waals surface area contributed by atoms with Crippen molar-refractivity contribution in [3.05, 3.63) is 70.2 Å². The summed E-state index contributed by atoms with van der Waals surface area (Å²) < 4.78 is 23.4. The fraction of sp³-hybridized carbons (Fsp3) is 0.273. The van der Waals surface area contributed by atoms with Crippen LogP contribution < -0.4 is 16.8 Å². The molecule has 32 heavy (non-hydrogen) atoms. The summed E-state index contributed by atoms with van der Waals surface area (Å²) in [6.07, 6.45) is 2.61. The number of hydrogen-bond donors (Lipinski definition) is 4. The first-order valence-corrected chi connectivity index (χ1v) is 12.7. The quantitative estimate of drug-likeness (QED) is 0.212. The molecular formula is C22H27N5O3S2. The molecule has 1 unspecified atom stereocenters. The molecule has 0 radical (unpaired) electrons. The summed E-state index contributed by atoms with van der Waals surface area (Å²) in [7, 11) is -3.23. The zero-order chi connectivity index (χ0) is 23.3. The second kappa shape index (κ2) is 10.1. The molecule has 3 rings (SSSR count). The highest BCUT2D eigenvalue weighted by Crippen LogP contribution is 2.28. The minimum Gasteiger partial charge on any atom is -0.374 e. The molecule has 170 valence electrons. The van der Waals surface area contributed by atoms with E-state index in [0.29, 0.717) is 22.1 Å². The zero-order valence-corrected chi connectivity index (χ0v) is 19.6. The number of aliphatic hydroxyl groups is 1. The number of sulfone groups is 1. The highest BCUT2D eigenvalue weighted by Gasteiger charge is 2.14. The molecule has 6 N–H and O–H groups in total. The largest absolute Gasteiger partial charge is 0.374 e. The van der Waals surface area contributed by atoms with Gasteiger partial charge in [-0.3, -0.25) is 0 Å². The van der Waals surface area contributed by atoms with Crippen LogP contribution in [0.1, 0.15) is 28.6 Å². The van der Waals surface area contributed by atoms with E-state index < -0.39 is 16.1 Å². The summed E-state index contributed by atoms with van der Waals surface area (Å²) in [5.74, 6) is 0.0209. The van der Waals surface area contributed by atoms with E-state index in [1.807, 2.05) is 36.4 Å². The standard InChI is InChI=1S/C22H27N5O3S2/c1-14(28)25-22-27-19(12-7-15-3-8-17(9-4-15)26-21(23)24)20(31-22)13-16-5-10-18(11-6-16)32(2,29)30/h3-6,8-11,14,28H,7,12-13H2,1-2H3,(H,25,27)(H4,23,24,26). The van der Waals surface area contributed by atoms with Crippen LogP contribution in [0.4, 0.5) is 10.8 Å². The van der Waals surface area contributed by atoms with E-state index in [0.717, 1.165) is 34.5 Å². The van der Waals surface area contributed by atoms with Crippen molar-refractivity contribution in [1.29, 1.82) is 0 Å². The van der Waals surface area contributed by atoms with Crippen LogP contribution in [0.5, 0.6) is 0 Å². The highest BCUT2D eigenvalue weighted by atomic mass is 32.2. The maximum Gasteiger partial charge on any atom is 0.191 e. The first-order chi connectivity index (χ1) is 15.1. The van der Waals surface area contributed by atoms with Crippen LogP contribution in [0.25, 0.3) is 0 Å². The van der Waals surface area contributed by atoms with Gasteiger partial charge in [-0.15, -0.1) is 11.3 Å². The van der Waals surface area contributed by atoms with Crippen molar-refractivity contribution >= 4 is 38.0 Å². The van der Waals surface area contributed by atoms with Gasteiger partial charge in [-0.05, 0) is 55.2 Å². The number of nitrogens with one attached hydrogen (secondary N) is 1. The van der Waals surface area contributed by atoms with Crippen LogP contribution in [0.15, 0.2) is 58.4 Å². The van der Waals surface area contributed by atoms with Gasteiger partial charge in [-0.2, -0.15) is 0 Å². The monoisotopic (exact) mass is 473 g/mol. The Morgan fingerprint density at radius 2 is 1.72 bits per heavy atom. The third-order valence-corrected chi connectivity index (χ3v) is 6.83. The summed E-state index contributed by atoms with van der Waals surface area (Å²) in [4.78, 5) is 10.1. The Labute approximate surface area is 192 Å². The number of anilines is 1. The normalized spacial score (nSPS) is 12.3. The second-order valence-electron chi connectivity index (χ2n) is 7.51. The maximum atomic E-state index is 11.7. The van der Waals surface area contributed by atoms with Crippen molar-refractivity contribution < 1.29 is 13.5 Å². The van der Waals surface area contributed by atoms with Crippen LogP contribution in [-0.2, 0) is 29.1 Å². The number of hydrogen-bond acceptors (Lipinski definition) is 7. The lowest BCUT2D eigenvalue weighted by Crippen LogP contribution is -2.21. The minimum atomic E-state index is -3.23. The molecule has 1 aromatic heterocycles. The number of aliphatic hydroxyl groups excluding tert-OH is 1. The van der Waals surface area contributed by atoms with E-state index in [4.69, 9.17) is 11.5 Å². The number of aliphatic imine (C=N–C) groups is 1. The topological polar surface area (TPSA) is 144 Å². The van der Waals surface area contributed by atoms with Gasteiger partial charge in [-0.1, -0.05) is 24.3 Å². The molecule has 2 aromatic carbocycles. The number of benzene rings is 2. The van der Waals surface area contributed by atoms with E-state index in [-0.39, 0.29) is 5.96 Å². The number of rotatable bonds is 9. The molecule has 0 spiro atoms. The summed E-state index contributed by atoms with van der Waals surface area (Å²) in [6.45, 7) is 1.64. The lowest BCUT2D eigenvalue weighted by Gasteiger charge is -2.05. The van der Waals surface area contributed by atoms with Gasteiger partial charge in [0.1, 0.15) is 6.23 Å². The van der Waals surface area contributed by atoms with Crippen molar-refractivity contribution in [1.82, 2.24) is 4.98 Å². The molecule has 3 aromatic rings. The number of aromatic nitrogens is 1. The number of nitrogens with zero attached hydrogens (tertiary/aromatic N) is 2. The van der Waals surface area contributed by atoms with E-state index in [9.17, 15) is 13.5 Å². The van der Waals surface area contributed by atoms with Gasteiger partial charge in [-0.25, -0.2) is 18.4 Å². The average Bonchev–Trinajstić information content (AvgIpc) is 3.07. The van der Waals surface area contributed by atoms with E-state index in [1.54, 1.807) is 19.1 Å². The fourth-order valence-electron chi connectivity index (χ4n) is 3.15. The third kappa shape index (κ3) is 6.78. The summed E-state index contributed by atoms with van der Waals surface area (Å²) >= 11 is 1.49. The van der Waals surface area contributed by atoms with Crippen molar-refractivity contribution in [2.45, 2.75) is 37.3 Å². The summed E-state index contributed by atoms with van der Waals surface area (Å²) in [5, 5.41) is 13.3. The number of nitrogens with two attached hydrogens (primary N) is 2. The lowest BCUT2D eigenvalue weighted by molar-refractivity contribution is 0.224. The maximum absolute atomic E-state index is 11.7. The van der Waals surface area contributed by atoms with Crippen molar-refractivity contribution in [2.24, 2.45) is 16.5 Å². The van der Waals surface area contributed by atoms with Crippen LogP contribution in [0, 0.1) is 0 Å². The fourth-order valence-corrected chi connectivity index (χ4v) is 4.90. The lowest BCUT2D eigenvalue weighted by atomic mass is 10.0. The molecule has 1 atom stereocenters. The van der Waals surface area contributed by atoms with Crippen molar-refractivity contribution in [2.75, 3.05) is 11.6 Å². The number of aryl methyl sites for hydroxylation is 2. The van der Waals surface area contributed by atoms with Gasteiger partial charge < -0.3 is 21.9 Å². The van der Waals surface area contributed by atoms with Gasteiger partial charge >= 0.3 is 0 Å². The molecule has 0 fully saturated rings. The van der Waals surface area contributed by atoms with Gasteiger partial charge in [0.15, 0.2) is 20.9 Å². The smallest absolute Gasteiger partial charge is 0.191 e. The predicted molar refractivity (Wildman–Crippen MR) is 129 cm³/mol. The number of thiazole rings is 1. The Hall–Kier alpha value is -2.95. The van der Waals surface area contributed by atoms with Crippen LogP contribution in [-0.4, -0.2) is 37.0 Å². The Morgan fingerprint density at radius 1 is 1.09 bits per heavy atom. The molecule has 0 amide bonds. The molecule has 8 nitrogen and oxygen atoms in total. The van der Waals surface area contributed by atoms with Crippen LogP contribution >= 0.6 is 11.3 Å². The first-order valence-electron chi connectivity index (χ1n) is 10.0. The van der Waals surface area contributed by atoms with Crippen LogP contribution in [0.2, 0.25) is 0 Å². The molecule has 0 aliphatic rings. The van der Waals surface area contributed by atoms with E-state index in [1.165, 1.54) is 17.6 Å². The first kappa shape index (κ1) is 23.7. The molecule has 1 heterocycles. The van der Waals surface area contributed by atoms with Crippen molar-refractivity contribution in [3.63, 3.8) is 0 Å². The van der Waals surface area contributed by atoms with E-state index in [2.05, 4.69) is 15.3 Å². The second-order valence-corrected chi connectivity index (χ2v) is 10.6. The Bertz CT molecular complexity index is 1180. The molecule has 0 saturated heterocycles. The predicted octanol–water partition coefficient (Wildman–Crippen LogP) is 2.58. The molecule has 0 saturated carbocycles. The van der Waals surface area contributed by atoms with Crippen LogP contribution in [0.3, 0.4) is 0 Å². The van der Waals surface area contributed by atoms with Gasteiger partial charge in [0.05, 0.1) is 16.3 Å². The van der Waals surface area contributed by atoms with Crippen molar-refractivity contribution in [3.8, 4) is 0 Å². The van der Waals surface area contributed by atoms with Gasteiger partial charge in [0, 0.05) is 17.6 Å². The summed E-state index contributed by atoms with van der Waals surface area (Å²) in [5.41, 5.74) is 14.6. The Kier molecular flexibility index (Phi) is 7.49. The summed E-state index contributed by atoms with van der Waals surface area (Å²) in [6, 6.07) is 14.6. The molecular weight excluding hydrogens is 446 g/mol. The molecule has 0 aliphatic carbocycles. The van der Waals surface area contributed by atoms with E-state index >= 15 is 0 Å². The average molecular weight is 474 g/mol. The van der Waals surface area contributed by atoms with Gasteiger partial charge in [0.2, 0.25) is 0 Å². The Morgan fingerprint density at radius 3 is 2.28 bits per heavy atom. The van der Waals surface area contributed by atoms with Gasteiger partial charge in [0.25, 0.3) is 0 Å². The minimum absolute atomic E-state index is 0.0209. The molecule has 10 heteroatoms. The zero-order valence-electron chi connectivity index (χ0n) is 17.9. The third-order valence-electron chi connectivity index (χ3n) is 4.67. The molecule has 0 aliphatic heterocycles. The Balaban J connectivity index is 1.77. The molecule has 0 bridgehead atoms. The SMILES string of the molecule is CC(O)Nc1nc(CCc2ccc(N=C(N)N)cc2)c(Cc2ccc(S(C)(=O)=O)cc2)s1. The number of guanidine groups is 1. The highest BCUT2D eigenvalue weighted by molar-refractivity contribution is 7.90.